The Morgan fingerprint density at radius 1 is 1.00 bits per heavy atom. The number of halogens is 3. The lowest BCUT2D eigenvalue weighted by atomic mass is 9.97. The highest BCUT2D eigenvalue weighted by molar-refractivity contribution is 9.10. The van der Waals surface area contributed by atoms with E-state index in [1.54, 1.807) is 12.1 Å². The van der Waals surface area contributed by atoms with Crippen LogP contribution in [0.1, 0.15) is 36.8 Å². The molecule has 1 saturated carbocycles. The monoisotopic (exact) mass is 454 g/mol. The van der Waals surface area contributed by atoms with Crippen molar-refractivity contribution >= 4 is 48.5 Å². The Morgan fingerprint density at radius 2 is 1.58 bits per heavy atom. The summed E-state index contributed by atoms with van der Waals surface area (Å²) in [4.78, 5) is 0.0271. The first-order chi connectivity index (χ1) is 12.3. The summed E-state index contributed by atoms with van der Waals surface area (Å²) in [5.74, 6) is 0. The second kappa shape index (κ2) is 6.47. The Balaban J connectivity index is 1.77. The molecule has 0 atom stereocenters. The Hall–Kier alpha value is -1.17. The zero-order valence-electron chi connectivity index (χ0n) is 13.9. The van der Waals surface area contributed by atoms with Gasteiger partial charge in [0.15, 0.2) is 6.01 Å². The van der Waals surface area contributed by atoms with E-state index in [9.17, 15) is 12.8 Å². The smallest absolute Gasteiger partial charge is 0.207 e. The molecule has 136 valence electrons. The predicted octanol–water partition coefficient (Wildman–Crippen LogP) is 6.29. The van der Waals surface area contributed by atoms with Crippen molar-refractivity contribution in [3.63, 3.8) is 0 Å². The third kappa shape index (κ3) is 3.25. The minimum Gasteiger partial charge on any atom is -0.233 e. The highest BCUT2D eigenvalue weighted by Gasteiger charge is 2.48. The number of hydrogen-bond acceptors (Lipinski definition) is 2. The van der Waals surface area contributed by atoms with E-state index >= 15 is 0 Å². The van der Waals surface area contributed by atoms with Gasteiger partial charge in [-0.15, -0.1) is 0 Å². The van der Waals surface area contributed by atoms with Crippen molar-refractivity contribution in [1.29, 1.82) is 0 Å². The summed E-state index contributed by atoms with van der Waals surface area (Å²) in [6, 6.07) is 11.2. The summed E-state index contributed by atoms with van der Waals surface area (Å²) < 4.78 is 37.0. The molecular weight excluding hydrogens is 439 g/mol. The topological polar surface area (TPSA) is 34.1 Å². The molecular formula is C20H17BrClFO2S. The van der Waals surface area contributed by atoms with Gasteiger partial charge in [0.25, 0.3) is 0 Å². The van der Waals surface area contributed by atoms with Crippen molar-refractivity contribution in [1.82, 2.24) is 0 Å². The highest BCUT2D eigenvalue weighted by atomic mass is 79.9. The SMILES string of the molecule is O=S(=O)(CF)c1ccc(C2=C(c3ccc(Cl)c(Br)c3)CC3(CC3)C2)cc1. The van der Waals surface area contributed by atoms with Crippen molar-refractivity contribution in [3.8, 4) is 0 Å². The van der Waals surface area contributed by atoms with Crippen molar-refractivity contribution < 1.29 is 12.8 Å². The fraction of sp³-hybridized carbons (Fsp3) is 0.300. The van der Waals surface area contributed by atoms with Crippen LogP contribution in [0.15, 0.2) is 51.8 Å². The lowest BCUT2D eigenvalue weighted by molar-refractivity contribution is 0.534. The molecule has 2 aliphatic carbocycles. The molecule has 1 fully saturated rings. The maximum atomic E-state index is 12.7. The van der Waals surface area contributed by atoms with E-state index in [0.29, 0.717) is 10.4 Å². The van der Waals surface area contributed by atoms with E-state index in [0.717, 1.165) is 28.4 Å². The van der Waals surface area contributed by atoms with Gasteiger partial charge in [-0.25, -0.2) is 12.8 Å². The first kappa shape index (κ1) is 18.2. The fourth-order valence-electron chi connectivity index (χ4n) is 3.72. The normalized spacial score (nSPS) is 18.6. The summed E-state index contributed by atoms with van der Waals surface area (Å²) >= 11 is 9.63. The molecule has 2 aromatic carbocycles. The van der Waals surface area contributed by atoms with E-state index < -0.39 is 15.8 Å². The van der Waals surface area contributed by atoms with Crippen molar-refractivity contribution in [2.24, 2.45) is 5.41 Å². The molecule has 0 unspecified atom stereocenters. The van der Waals surface area contributed by atoms with Crippen LogP contribution < -0.4 is 0 Å². The second-order valence-electron chi connectivity index (χ2n) is 7.19. The van der Waals surface area contributed by atoms with Gasteiger partial charge in [0.2, 0.25) is 9.84 Å². The molecule has 0 N–H and O–H groups in total. The quantitative estimate of drug-likeness (QED) is 0.543. The zero-order valence-corrected chi connectivity index (χ0v) is 17.1. The minimum absolute atomic E-state index is 0.0271. The van der Waals surface area contributed by atoms with Gasteiger partial charge in [-0.2, -0.15) is 0 Å². The van der Waals surface area contributed by atoms with Crippen LogP contribution in [-0.4, -0.2) is 14.4 Å². The van der Waals surface area contributed by atoms with E-state index in [2.05, 4.69) is 15.9 Å². The Bertz CT molecular complexity index is 1010. The van der Waals surface area contributed by atoms with Gasteiger partial charge < -0.3 is 0 Å². The van der Waals surface area contributed by atoms with Crippen LogP contribution >= 0.6 is 27.5 Å². The van der Waals surface area contributed by atoms with Crippen molar-refractivity contribution in [2.75, 3.05) is 6.01 Å². The molecule has 2 aliphatic rings. The van der Waals surface area contributed by atoms with Crippen LogP contribution in [0, 0.1) is 5.41 Å². The Kier molecular flexibility index (Phi) is 4.53. The largest absolute Gasteiger partial charge is 0.233 e. The molecule has 0 aromatic heterocycles. The van der Waals surface area contributed by atoms with E-state index in [1.165, 1.54) is 36.1 Å². The van der Waals surface area contributed by atoms with Crippen LogP contribution in [0.5, 0.6) is 0 Å². The van der Waals surface area contributed by atoms with Gasteiger partial charge in [0.05, 0.1) is 9.92 Å². The molecule has 1 spiro atoms. The van der Waals surface area contributed by atoms with Gasteiger partial charge >= 0.3 is 0 Å². The first-order valence-corrected chi connectivity index (χ1v) is 11.2. The fourth-order valence-corrected chi connectivity index (χ4v) is 4.89. The number of sulfone groups is 1. The van der Waals surface area contributed by atoms with Crippen LogP contribution in [0.2, 0.25) is 5.02 Å². The molecule has 4 rings (SSSR count). The molecule has 0 aliphatic heterocycles. The Labute approximate surface area is 166 Å². The number of rotatable bonds is 4. The second-order valence-corrected chi connectivity index (χ2v) is 10.4. The van der Waals surface area contributed by atoms with E-state index in [-0.39, 0.29) is 4.90 Å². The molecule has 2 nitrogen and oxygen atoms in total. The van der Waals surface area contributed by atoms with Gasteiger partial charge in [0.1, 0.15) is 0 Å². The molecule has 26 heavy (non-hydrogen) atoms. The average Bonchev–Trinajstić information content (AvgIpc) is 3.28. The van der Waals surface area contributed by atoms with E-state index in [1.807, 2.05) is 18.2 Å². The summed E-state index contributed by atoms with van der Waals surface area (Å²) in [5, 5.41) is 0.677. The molecule has 0 bridgehead atoms. The van der Waals surface area contributed by atoms with Crippen molar-refractivity contribution in [3.05, 3.63) is 63.1 Å². The molecule has 0 heterocycles. The van der Waals surface area contributed by atoms with Gasteiger partial charge in [0, 0.05) is 4.47 Å². The first-order valence-electron chi connectivity index (χ1n) is 8.40. The van der Waals surface area contributed by atoms with Crippen LogP contribution in [-0.2, 0) is 9.84 Å². The van der Waals surface area contributed by atoms with Crippen LogP contribution in [0.3, 0.4) is 0 Å². The number of allylic oxidation sites excluding steroid dienone is 2. The summed E-state index contributed by atoms with van der Waals surface area (Å²) in [6.45, 7) is 0. The lowest BCUT2D eigenvalue weighted by Gasteiger charge is -2.10. The van der Waals surface area contributed by atoms with Crippen LogP contribution in [0.4, 0.5) is 4.39 Å². The van der Waals surface area contributed by atoms with Crippen LogP contribution in [0.25, 0.3) is 11.1 Å². The average molecular weight is 456 g/mol. The predicted molar refractivity (Wildman–Crippen MR) is 106 cm³/mol. The van der Waals surface area contributed by atoms with Crippen molar-refractivity contribution in [2.45, 2.75) is 30.6 Å². The maximum absolute atomic E-state index is 12.7. The molecule has 0 amide bonds. The third-order valence-electron chi connectivity index (χ3n) is 5.40. The summed E-state index contributed by atoms with van der Waals surface area (Å²) in [6.07, 6.45) is 4.48. The van der Waals surface area contributed by atoms with E-state index in [4.69, 9.17) is 11.6 Å². The molecule has 2 aromatic rings. The molecule has 6 heteroatoms. The standard InChI is InChI=1S/C20H17BrClFO2S/c21-18-9-14(3-6-19(18)22)17-11-20(7-8-20)10-16(17)13-1-4-15(5-2-13)26(24,25)12-23/h1-6,9H,7-8,10-12H2. The highest BCUT2D eigenvalue weighted by Crippen LogP contribution is 2.63. The van der Waals surface area contributed by atoms with Gasteiger partial charge in [-0.3, -0.25) is 0 Å². The molecule has 0 saturated heterocycles. The Morgan fingerprint density at radius 3 is 2.12 bits per heavy atom. The zero-order chi connectivity index (χ0) is 18.5. The number of hydrogen-bond donors (Lipinski definition) is 0. The maximum Gasteiger partial charge on any atom is 0.207 e. The summed E-state index contributed by atoms with van der Waals surface area (Å²) in [7, 11) is -3.83. The van der Waals surface area contributed by atoms with Gasteiger partial charge in [-0.05, 0) is 93.6 Å². The lowest BCUT2D eigenvalue weighted by Crippen LogP contribution is -2.02. The van der Waals surface area contributed by atoms with Gasteiger partial charge in [-0.1, -0.05) is 29.8 Å². The summed E-state index contributed by atoms with van der Waals surface area (Å²) in [5.41, 5.74) is 5.05. The molecule has 0 radical (unpaired) electrons. The number of benzene rings is 2. The number of alkyl halides is 1. The minimum atomic E-state index is -3.83. The third-order valence-corrected chi connectivity index (χ3v) is 7.89.